The summed E-state index contributed by atoms with van der Waals surface area (Å²) >= 11 is 5.98. The fraction of sp³-hybridized carbons (Fsp3) is 0.190. The monoisotopic (exact) mass is 395 g/mol. The summed E-state index contributed by atoms with van der Waals surface area (Å²) in [5.74, 6) is -0.721. The minimum absolute atomic E-state index is 0.199. The number of H-pyrrole nitrogens is 1. The van der Waals surface area contributed by atoms with Crippen LogP contribution in [0.3, 0.4) is 0 Å². The topological polar surface area (TPSA) is 75.3 Å². The van der Waals surface area contributed by atoms with Crippen LogP contribution in [-0.4, -0.2) is 40.6 Å². The molecule has 0 fully saturated rings. The maximum absolute atomic E-state index is 13.1. The molecule has 6 nitrogen and oxygen atoms in total. The van der Waals surface area contributed by atoms with Gasteiger partial charge in [-0.05, 0) is 24.3 Å². The Hall–Kier alpha value is -3.12. The Labute approximate surface area is 167 Å². The first-order chi connectivity index (χ1) is 13.6. The number of amides is 1. The van der Waals surface area contributed by atoms with Crippen LogP contribution in [0.4, 0.5) is 0 Å². The molecule has 1 aliphatic heterocycles. The second-order valence-corrected chi connectivity index (χ2v) is 6.99. The van der Waals surface area contributed by atoms with Crippen LogP contribution >= 0.6 is 11.6 Å². The van der Waals surface area contributed by atoms with Gasteiger partial charge in [-0.3, -0.25) is 9.89 Å². The third-order valence-electron chi connectivity index (χ3n) is 4.90. The molecule has 1 aromatic heterocycles. The zero-order chi connectivity index (χ0) is 19.7. The average molecular weight is 396 g/mol. The summed E-state index contributed by atoms with van der Waals surface area (Å²) in [4.78, 5) is 26.9. The lowest BCUT2D eigenvalue weighted by Gasteiger charge is -2.28. The molecular weight excluding hydrogens is 378 g/mol. The van der Waals surface area contributed by atoms with Crippen LogP contribution < -0.4 is 0 Å². The fourth-order valence-electron chi connectivity index (χ4n) is 3.44. The number of hydrogen-bond acceptors (Lipinski definition) is 4. The van der Waals surface area contributed by atoms with E-state index in [4.69, 9.17) is 16.3 Å². The highest BCUT2D eigenvalue weighted by Gasteiger charge is 2.28. The third kappa shape index (κ3) is 3.27. The number of aromatic amines is 1. The lowest BCUT2D eigenvalue weighted by molar-refractivity contribution is 0.0588. The number of esters is 1. The van der Waals surface area contributed by atoms with Gasteiger partial charge >= 0.3 is 5.97 Å². The second-order valence-electron chi connectivity index (χ2n) is 6.55. The molecule has 0 unspecified atom stereocenters. The molecule has 0 saturated heterocycles. The molecule has 0 spiro atoms. The fourth-order valence-corrected chi connectivity index (χ4v) is 3.57. The number of hydrogen-bond donors (Lipinski definition) is 1. The van der Waals surface area contributed by atoms with E-state index in [-0.39, 0.29) is 11.5 Å². The van der Waals surface area contributed by atoms with Gasteiger partial charge in [0.1, 0.15) is 0 Å². The molecular formula is C21H18ClN3O3. The van der Waals surface area contributed by atoms with Crippen LogP contribution in [-0.2, 0) is 17.7 Å². The maximum atomic E-state index is 13.1. The number of ether oxygens (including phenoxy) is 1. The molecule has 2 aromatic carbocycles. The highest BCUT2D eigenvalue weighted by atomic mass is 35.5. The number of nitrogens with zero attached hydrogens (tertiary/aromatic N) is 2. The van der Waals surface area contributed by atoms with E-state index in [0.717, 1.165) is 22.5 Å². The lowest BCUT2D eigenvalue weighted by atomic mass is 9.99. The lowest BCUT2D eigenvalue weighted by Crippen LogP contribution is -2.36. The molecule has 0 radical (unpaired) electrons. The van der Waals surface area contributed by atoms with Crippen LogP contribution in [0.25, 0.3) is 11.3 Å². The van der Waals surface area contributed by atoms with Crippen molar-refractivity contribution in [3.05, 3.63) is 75.9 Å². The number of carbonyl (C=O) groups excluding carboxylic acids is 2. The highest BCUT2D eigenvalue weighted by Crippen LogP contribution is 2.30. The Morgan fingerprint density at radius 1 is 1.11 bits per heavy atom. The molecule has 0 atom stereocenters. The number of methoxy groups -OCH3 is 1. The molecule has 1 N–H and O–H groups in total. The minimum atomic E-state index is -0.521. The largest absolute Gasteiger partial charge is 0.465 e. The normalized spacial score (nSPS) is 13.1. The van der Waals surface area contributed by atoms with Gasteiger partial charge in [0.25, 0.3) is 5.91 Å². The van der Waals surface area contributed by atoms with E-state index in [1.54, 1.807) is 29.2 Å². The Bertz CT molecular complexity index is 1040. The zero-order valence-corrected chi connectivity index (χ0v) is 16.0. The Balaban J connectivity index is 1.65. The van der Waals surface area contributed by atoms with Crippen molar-refractivity contribution < 1.29 is 14.3 Å². The van der Waals surface area contributed by atoms with Crippen LogP contribution in [0.2, 0.25) is 5.02 Å². The van der Waals surface area contributed by atoms with Crippen molar-refractivity contribution >= 4 is 23.5 Å². The first-order valence-corrected chi connectivity index (χ1v) is 9.25. The summed E-state index contributed by atoms with van der Waals surface area (Å²) < 4.78 is 4.81. The molecule has 0 aliphatic carbocycles. The van der Waals surface area contributed by atoms with Crippen molar-refractivity contribution in [2.75, 3.05) is 13.7 Å². The van der Waals surface area contributed by atoms with Gasteiger partial charge < -0.3 is 9.64 Å². The smallest absolute Gasteiger partial charge is 0.338 e. The van der Waals surface area contributed by atoms with Gasteiger partial charge in [0, 0.05) is 41.4 Å². The predicted molar refractivity (Wildman–Crippen MR) is 105 cm³/mol. The van der Waals surface area contributed by atoms with Crippen molar-refractivity contribution in [1.29, 1.82) is 0 Å². The molecule has 0 saturated carbocycles. The summed E-state index contributed by atoms with van der Waals surface area (Å²) in [5.41, 5.74) is 4.37. The zero-order valence-electron chi connectivity index (χ0n) is 15.2. The van der Waals surface area contributed by atoms with E-state index in [2.05, 4.69) is 10.2 Å². The van der Waals surface area contributed by atoms with E-state index in [9.17, 15) is 9.59 Å². The van der Waals surface area contributed by atoms with Crippen molar-refractivity contribution in [3.63, 3.8) is 0 Å². The van der Waals surface area contributed by atoms with Gasteiger partial charge in [-0.2, -0.15) is 5.10 Å². The van der Waals surface area contributed by atoms with E-state index >= 15 is 0 Å². The number of fused-ring (bicyclic) bond motifs is 1. The standard InChI is InChI=1S/C21H18ClN3O3/c1-28-21(27)16-5-3-2-4-15(16)20(26)25-11-10-18-17(12-25)19(24-23-18)13-6-8-14(22)9-7-13/h2-9H,10-12H2,1H3,(H,23,24). The Morgan fingerprint density at radius 3 is 2.54 bits per heavy atom. The highest BCUT2D eigenvalue weighted by molar-refractivity contribution is 6.30. The average Bonchev–Trinajstić information content (AvgIpc) is 3.16. The van der Waals surface area contributed by atoms with Gasteiger partial charge in [0.15, 0.2) is 0 Å². The van der Waals surface area contributed by atoms with Crippen LogP contribution in [0.1, 0.15) is 32.0 Å². The van der Waals surface area contributed by atoms with Crippen LogP contribution in [0.5, 0.6) is 0 Å². The molecule has 1 amide bonds. The predicted octanol–water partition coefficient (Wildman–Crippen LogP) is 3.72. The molecule has 1 aliphatic rings. The second kappa shape index (κ2) is 7.48. The summed E-state index contributed by atoms with van der Waals surface area (Å²) in [7, 11) is 1.31. The molecule has 7 heteroatoms. The number of benzene rings is 2. The van der Waals surface area contributed by atoms with Gasteiger partial charge in [-0.15, -0.1) is 0 Å². The van der Waals surface area contributed by atoms with Gasteiger partial charge in [-0.25, -0.2) is 4.79 Å². The summed E-state index contributed by atoms with van der Waals surface area (Å²) in [6.07, 6.45) is 0.669. The molecule has 2 heterocycles. The molecule has 4 rings (SSSR count). The van der Waals surface area contributed by atoms with Crippen molar-refractivity contribution in [2.45, 2.75) is 13.0 Å². The van der Waals surface area contributed by atoms with Gasteiger partial charge in [-0.1, -0.05) is 35.9 Å². The number of nitrogens with one attached hydrogen (secondary N) is 1. The molecule has 28 heavy (non-hydrogen) atoms. The van der Waals surface area contributed by atoms with Gasteiger partial charge in [0.2, 0.25) is 0 Å². The SMILES string of the molecule is COC(=O)c1ccccc1C(=O)N1CCc2[nH]nc(-c3ccc(Cl)cc3)c2C1. The third-order valence-corrected chi connectivity index (χ3v) is 5.15. The van der Waals surface area contributed by atoms with E-state index in [1.165, 1.54) is 7.11 Å². The number of carbonyl (C=O) groups is 2. The minimum Gasteiger partial charge on any atom is -0.465 e. The van der Waals surface area contributed by atoms with Crippen LogP contribution in [0.15, 0.2) is 48.5 Å². The van der Waals surface area contributed by atoms with Crippen LogP contribution in [0, 0.1) is 0 Å². The maximum Gasteiger partial charge on any atom is 0.338 e. The van der Waals surface area contributed by atoms with Crippen molar-refractivity contribution in [2.24, 2.45) is 0 Å². The van der Waals surface area contributed by atoms with Gasteiger partial charge in [0.05, 0.1) is 23.9 Å². The summed E-state index contributed by atoms with van der Waals surface area (Å²) in [6, 6.07) is 14.2. The number of halogens is 1. The first-order valence-electron chi connectivity index (χ1n) is 8.87. The Morgan fingerprint density at radius 2 is 1.82 bits per heavy atom. The quantitative estimate of drug-likeness (QED) is 0.686. The van der Waals surface area contributed by atoms with E-state index in [0.29, 0.717) is 30.1 Å². The van der Waals surface area contributed by atoms with Crippen molar-refractivity contribution in [3.8, 4) is 11.3 Å². The Kier molecular flexibility index (Phi) is 4.88. The first kappa shape index (κ1) is 18.3. The molecule has 0 bridgehead atoms. The number of rotatable bonds is 3. The summed E-state index contributed by atoms with van der Waals surface area (Å²) in [5, 5.41) is 8.18. The summed E-state index contributed by atoms with van der Waals surface area (Å²) in [6.45, 7) is 0.960. The van der Waals surface area contributed by atoms with E-state index in [1.807, 2.05) is 24.3 Å². The molecule has 3 aromatic rings. The van der Waals surface area contributed by atoms with E-state index < -0.39 is 5.97 Å². The molecule has 142 valence electrons. The number of aromatic nitrogens is 2. The van der Waals surface area contributed by atoms with Crippen molar-refractivity contribution in [1.82, 2.24) is 15.1 Å².